The van der Waals surface area contributed by atoms with E-state index in [1.54, 1.807) is 28.6 Å². The van der Waals surface area contributed by atoms with Gasteiger partial charge in [-0.05, 0) is 56.4 Å². The first-order chi connectivity index (χ1) is 12.5. The fraction of sp³-hybridized carbons (Fsp3) is 0.650. The van der Waals surface area contributed by atoms with Crippen LogP contribution in [0, 0.1) is 0 Å². The van der Waals surface area contributed by atoms with Gasteiger partial charge in [-0.2, -0.15) is 4.31 Å². The molecule has 1 saturated carbocycles. The number of carbonyl (C=O) groups excluding carboxylic acids is 1. The summed E-state index contributed by atoms with van der Waals surface area (Å²) >= 11 is 0. The Hall–Kier alpha value is -1.40. The van der Waals surface area contributed by atoms with Crippen LogP contribution in [0.25, 0.3) is 0 Å². The van der Waals surface area contributed by atoms with E-state index < -0.39 is 10.0 Å². The Morgan fingerprint density at radius 3 is 2.35 bits per heavy atom. The Labute approximate surface area is 157 Å². The maximum atomic E-state index is 13.0. The maximum absolute atomic E-state index is 13.0. The predicted molar refractivity (Wildman–Crippen MR) is 103 cm³/mol. The summed E-state index contributed by atoms with van der Waals surface area (Å²) in [7, 11) is -3.49. The average molecular weight is 379 g/mol. The molecule has 1 N–H and O–H groups in total. The van der Waals surface area contributed by atoms with Crippen LogP contribution in [-0.4, -0.2) is 37.3 Å². The van der Waals surface area contributed by atoms with Crippen molar-refractivity contribution in [1.82, 2.24) is 9.62 Å². The first-order valence-electron chi connectivity index (χ1n) is 9.95. The molecule has 1 aromatic rings. The molecule has 1 aliphatic carbocycles. The molecule has 1 aromatic carbocycles. The lowest BCUT2D eigenvalue weighted by Gasteiger charge is -2.34. The molecule has 0 bridgehead atoms. The molecule has 1 atom stereocenters. The SMILES string of the molecule is CCC1CCCCN1S(=O)(=O)c1ccc(C(=O)NC2CCCCC2)cc1. The highest BCUT2D eigenvalue weighted by Crippen LogP contribution is 2.27. The Morgan fingerprint density at radius 2 is 1.69 bits per heavy atom. The molecule has 0 spiro atoms. The van der Waals surface area contributed by atoms with Crippen molar-refractivity contribution in [3.05, 3.63) is 29.8 Å². The number of hydrogen-bond acceptors (Lipinski definition) is 3. The van der Waals surface area contributed by atoms with Gasteiger partial charge in [-0.1, -0.05) is 32.6 Å². The zero-order valence-corrected chi connectivity index (χ0v) is 16.4. The fourth-order valence-electron chi connectivity index (χ4n) is 4.13. The Bertz CT molecular complexity index is 709. The molecular formula is C20H30N2O3S. The van der Waals surface area contributed by atoms with Crippen LogP contribution in [0.5, 0.6) is 0 Å². The topological polar surface area (TPSA) is 66.5 Å². The summed E-state index contributed by atoms with van der Waals surface area (Å²) in [5, 5.41) is 3.07. The summed E-state index contributed by atoms with van der Waals surface area (Å²) in [6.07, 6.45) is 9.40. The highest BCUT2D eigenvalue weighted by Gasteiger charge is 2.32. The minimum Gasteiger partial charge on any atom is -0.349 e. The Morgan fingerprint density at radius 1 is 1.04 bits per heavy atom. The summed E-state index contributed by atoms with van der Waals surface area (Å²) in [5.74, 6) is -0.106. The molecule has 1 unspecified atom stereocenters. The van der Waals surface area contributed by atoms with Gasteiger partial charge in [0.2, 0.25) is 10.0 Å². The molecular weight excluding hydrogens is 348 g/mol. The number of piperidine rings is 1. The van der Waals surface area contributed by atoms with Crippen LogP contribution in [0.3, 0.4) is 0 Å². The van der Waals surface area contributed by atoms with Crippen LogP contribution in [0.15, 0.2) is 29.2 Å². The summed E-state index contributed by atoms with van der Waals surface area (Å²) in [5.41, 5.74) is 0.528. The first-order valence-corrected chi connectivity index (χ1v) is 11.4. The number of nitrogens with one attached hydrogen (secondary N) is 1. The standard InChI is InChI=1S/C20H30N2O3S/c1-2-18-10-6-7-15-22(18)26(24,25)19-13-11-16(12-14-19)20(23)21-17-8-4-3-5-9-17/h11-14,17-18H,2-10,15H2,1H3,(H,21,23). The van der Waals surface area contributed by atoms with Gasteiger partial charge >= 0.3 is 0 Å². The lowest BCUT2D eigenvalue weighted by atomic mass is 9.95. The van der Waals surface area contributed by atoms with Crippen molar-refractivity contribution in [3.8, 4) is 0 Å². The molecule has 144 valence electrons. The second-order valence-corrected chi connectivity index (χ2v) is 9.40. The van der Waals surface area contributed by atoms with E-state index >= 15 is 0 Å². The van der Waals surface area contributed by atoms with Gasteiger partial charge in [-0.3, -0.25) is 4.79 Å². The van der Waals surface area contributed by atoms with E-state index in [1.165, 1.54) is 6.42 Å². The van der Waals surface area contributed by atoms with Gasteiger partial charge < -0.3 is 5.32 Å². The highest BCUT2D eigenvalue weighted by molar-refractivity contribution is 7.89. The molecule has 6 heteroatoms. The van der Waals surface area contributed by atoms with Crippen molar-refractivity contribution in [2.75, 3.05) is 6.54 Å². The lowest BCUT2D eigenvalue weighted by molar-refractivity contribution is 0.0927. The predicted octanol–water partition coefficient (Wildman–Crippen LogP) is 3.70. The Kier molecular flexibility index (Phi) is 6.35. The number of hydrogen-bond donors (Lipinski definition) is 1. The minimum atomic E-state index is -3.49. The molecule has 0 aromatic heterocycles. The van der Waals surface area contributed by atoms with Gasteiger partial charge in [0.05, 0.1) is 4.90 Å². The average Bonchev–Trinajstić information content (AvgIpc) is 2.68. The van der Waals surface area contributed by atoms with E-state index in [0.29, 0.717) is 12.1 Å². The van der Waals surface area contributed by atoms with E-state index in [1.807, 2.05) is 6.92 Å². The summed E-state index contributed by atoms with van der Waals surface area (Å²) in [6.45, 7) is 2.63. The largest absolute Gasteiger partial charge is 0.349 e. The van der Waals surface area contributed by atoms with Gasteiger partial charge in [0, 0.05) is 24.2 Å². The van der Waals surface area contributed by atoms with Gasteiger partial charge in [0.1, 0.15) is 0 Å². The van der Waals surface area contributed by atoms with E-state index in [9.17, 15) is 13.2 Å². The molecule has 2 aliphatic rings. The molecule has 2 fully saturated rings. The zero-order valence-electron chi connectivity index (χ0n) is 15.6. The van der Waals surface area contributed by atoms with Crippen LogP contribution >= 0.6 is 0 Å². The van der Waals surface area contributed by atoms with Crippen molar-refractivity contribution >= 4 is 15.9 Å². The molecule has 1 amide bonds. The molecule has 0 radical (unpaired) electrons. The molecule has 5 nitrogen and oxygen atoms in total. The second-order valence-electron chi connectivity index (χ2n) is 7.51. The van der Waals surface area contributed by atoms with E-state index in [-0.39, 0.29) is 22.9 Å². The lowest BCUT2D eigenvalue weighted by Crippen LogP contribution is -2.43. The van der Waals surface area contributed by atoms with Crippen LogP contribution in [-0.2, 0) is 10.0 Å². The third-order valence-electron chi connectivity index (χ3n) is 5.71. The Balaban J connectivity index is 1.70. The smallest absolute Gasteiger partial charge is 0.251 e. The minimum absolute atomic E-state index is 0.0861. The number of sulfonamides is 1. The van der Waals surface area contributed by atoms with Gasteiger partial charge in [0.25, 0.3) is 5.91 Å². The number of benzene rings is 1. The van der Waals surface area contributed by atoms with Gasteiger partial charge in [-0.25, -0.2) is 8.42 Å². The number of amides is 1. The van der Waals surface area contributed by atoms with Crippen LogP contribution in [0.2, 0.25) is 0 Å². The van der Waals surface area contributed by atoms with Crippen LogP contribution < -0.4 is 5.32 Å². The monoisotopic (exact) mass is 378 g/mol. The normalized spacial score (nSPS) is 22.9. The number of rotatable bonds is 5. The van der Waals surface area contributed by atoms with Crippen molar-refractivity contribution in [2.24, 2.45) is 0 Å². The van der Waals surface area contributed by atoms with Crippen molar-refractivity contribution in [1.29, 1.82) is 0 Å². The van der Waals surface area contributed by atoms with Gasteiger partial charge in [-0.15, -0.1) is 0 Å². The van der Waals surface area contributed by atoms with Crippen LogP contribution in [0.4, 0.5) is 0 Å². The quantitative estimate of drug-likeness (QED) is 0.849. The maximum Gasteiger partial charge on any atom is 0.251 e. The van der Waals surface area contributed by atoms with E-state index in [2.05, 4.69) is 5.32 Å². The molecule has 1 saturated heterocycles. The van der Waals surface area contributed by atoms with Crippen molar-refractivity contribution in [3.63, 3.8) is 0 Å². The molecule has 1 heterocycles. The second kappa shape index (κ2) is 8.53. The summed E-state index contributed by atoms with van der Waals surface area (Å²) in [6, 6.07) is 6.76. The third-order valence-corrected chi connectivity index (χ3v) is 7.67. The first kappa shape index (κ1) is 19.4. The zero-order chi connectivity index (χ0) is 18.6. The van der Waals surface area contributed by atoms with Crippen molar-refractivity contribution in [2.45, 2.75) is 81.7 Å². The van der Waals surface area contributed by atoms with E-state index in [4.69, 9.17) is 0 Å². The van der Waals surface area contributed by atoms with Crippen molar-refractivity contribution < 1.29 is 13.2 Å². The number of carbonyl (C=O) groups is 1. The van der Waals surface area contributed by atoms with Crippen LogP contribution in [0.1, 0.15) is 75.1 Å². The fourth-order valence-corrected chi connectivity index (χ4v) is 5.89. The molecule has 26 heavy (non-hydrogen) atoms. The molecule has 1 aliphatic heterocycles. The third kappa shape index (κ3) is 4.29. The van der Waals surface area contributed by atoms with Gasteiger partial charge in [0.15, 0.2) is 0 Å². The number of nitrogens with zero attached hydrogens (tertiary/aromatic N) is 1. The van der Waals surface area contributed by atoms with E-state index in [0.717, 1.165) is 51.4 Å². The summed E-state index contributed by atoms with van der Waals surface area (Å²) < 4.78 is 27.6. The summed E-state index contributed by atoms with van der Waals surface area (Å²) in [4.78, 5) is 12.7. The molecule has 3 rings (SSSR count). The highest BCUT2D eigenvalue weighted by atomic mass is 32.2.